The molecule has 2 aliphatic rings. The molecule has 2 aliphatic heterocycles. The van der Waals surface area contributed by atoms with Crippen LogP contribution in [0.5, 0.6) is 0 Å². The van der Waals surface area contributed by atoms with Crippen molar-refractivity contribution in [1.29, 1.82) is 0 Å². The molecule has 1 saturated heterocycles. The van der Waals surface area contributed by atoms with E-state index >= 15 is 0 Å². The van der Waals surface area contributed by atoms with Crippen LogP contribution in [0.25, 0.3) is 0 Å². The summed E-state index contributed by atoms with van der Waals surface area (Å²) in [5.41, 5.74) is 3.24. The van der Waals surface area contributed by atoms with Gasteiger partial charge >= 0.3 is 0 Å². The van der Waals surface area contributed by atoms with Crippen LogP contribution in [0.3, 0.4) is 0 Å². The zero-order chi connectivity index (χ0) is 18.1. The minimum Gasteiger partial charge on any atom is -0.370 e. The monoisotopic (exact) mass is 372 g/mol. The molecule has 0 amide bonds. The first-order valence-electron chi connectivity index (χ1n) is 9.51. The van der Waals surface area contributed by atoms with Crippen LogP contribution in [0.1, 0.15) is 43.7 Å². The number of benzene rings is 1. The Morgan fingerprint density at radius 2 is 1.96 bits per heavy atom. The summed E-state index contributed by atoms with van der Waals surface area (Å²) < 4.78 is 7.95. The van der Waals surface area contributed by atoms with Crippen molar-refractivity contribution in [3.63, 3.8) is 0 Å². The first-order chi connectivity index (χ1) is 12.6. The second-order valence-electron chi connectivity index (χ2n) is 7.29. The van der Waals surface area contributed by atoms with Gasteiger partial charge < -0.3 is 14.2 Å². The first kappa shape index (κ1) is 17.6. The summed E-state index contributed by atoms with van der Waals surface area (Å²) in [6, 6.07) is 10.5. The molecule has 1 aromatic heterocycles. The van der Waals surface area contributed by atoms with E-state index in [1.807, 2.05) is 12.3 Å². The number of hydrogen-bond acceptors (Lipinski definition) is 3. The van der Waals surface area contributed by atoms with Gasteiger partial charge in [-0.25, -0.2) is 0 Å². The van der Waals surface area contributed by atoms with Crippen LogP contribution in [0, 0.1) is 0 Å². The molecule has 1 fully saturated rings. The van der Waals surface area contributed by atoms with Crippen LogP contribution < -0.4 is 10.5 Å². The van der Waals surface area contributed by atoms with Gasteiger partial charge in [-0.05, 0) is 36.5 Å². The Hall–Kier alpha value is -1.78. The van der Waals surface area contributed by atoms with E-state index in [1.54, 1.807) is 4.57 Å². The average molecular weight is 373 g/mol. The second kappa shape index (κ2) is 7.09. The van der Waals surface area contributed by atoms with Gasteiger partial charge in [-0.1, -0.05) is 49.2 Å². The Bertz CT molecular complexity index is 853. The van der Waals surface area contributed by atoms with Gasteiger partial charge in [0.2, 0.25) is 0 Å². The number of ether oxygens (including phenoxy) is 1. The molecule has 5 heteroatoms. The molecular formula is C21H25ClN2O2. The predicted molar refractivity (Wildman–Crippen MR) is 105 cm³/mol. The maximum Gasteiger partial charge on any atom is 0.271 e. The number of hydrogen-bond donors (Lipinski definition) is 0. The second-order valence-corrected chi connectivity index (χ2v) is 7.67. The van der Waals surface area contributed by atoms with Crippen molar-refractivity contribution in [3.05, 3.63) is 63.0 Å². The van der Waals surface area contributed by atoms with Gasteiger partial charge in [0, 0.05) is 25.8 Å². The summed E-state index contributed by atoms with van der Waals surface area (Å²) in [6.07, 6.45) is 5.75. The van der Waals surface area contributed by atoms with E-state index < -0.39 is 0 Å². The van der Waals surface area contributed by atoms with Gasteiger partial charge in [0.15, 0.2) is 0 Å². The topological polar surface area (TPSA) is 34.5 Å². The number of halogens is 1. The van der Waals surface area contributed by atoms with Gasteiger partial charge in [0.1, 0.15) is 5.02 Å². The Morgan fingerprint density at radius 3 is 2.73 bits per heavy atom. The lowest BCUT2D eigenvalue weighted by atomic mass is 9.83. The third-order valence-electron chi connectivity index (χ3n) is 5.76. The maximum atomic E-state index is 12.5. The Balaban J connectivity index is 1.52. The number of fused-ring (bicyclic) bond motifs is 2. The lowest BCUT2D eigenvalue weighted by Crippen LogP contribution is -2.43. The van der Waals surface area contributed by atoms with Crippen molar-refractivity contribution in [3.8, 4) is 0 Å². The number of piperidine rings is 1. The zero-order valence-electron chi connectivity index (χ0n) is 15.2. The van der Waals surface area contributed by atoms with Crippen molar-refractivity contribution >= 4 is 17.3 Å². The fourth-order valence-corrected chi connectivity index (χ4v) is 4.48. The molecule has 0 N–H and O–H groups in total. The van der Waals surface area contributed by atoms with Crippen LogP contribution in [0.2, 0.25) is 5.02 Å². The highest BCUT2D eigenvalue weighted by atomic mass is 35.5. The van der Waals surface area contributed by atoms with Crippen LogP contribution >= 0.6 is 11.6 Å². The minimum atomic E-state index is -0.171. The van der Waals surface area contributed by atoms with E-state index in [2.05, 4.69) is 36.1 Å². The number of rotatable bonds is 4. The van der Waals surface area contributed by atoms with Crippen molar-refractivity contribution in [1.82, 2.24) is 4.57 Å². The summed E-state index contributed by atoms with van der Waals surface area (Å²) in [6.45, 7) is 5.22. The molecule has 0 saturated carbocycles. The largest absolute Gasteiger partial charge is 0.370 e. The molecule has 2 aromatic rings. The predicted octanol–water partition coefficient (Wildman–Crippen LogP) is 4.33. The maximum absolute atomic E-state index is 12.5. The molecule has 4 nitrogen and oxygen atoms in total. The van der Waals surface area contributed by atoms with Gasteiger partial charge in [0.25, 0.3) is 5.56 Å². The van der Waals surface area contributed by atoms with E-state index in [4.69, 9.17) is 16.3 Å². The molecule has 1 aromatic carbocycles. The highest BCUT2D eigenvalue weighted by Crippen LogP contribution is 2.44. The van der Waals surface area contributed by atoms with Gasteiger partial charge in [-0.15, -0.1) is 0 Å². The SMILES string of the molecule is CCCCn1ccc(N2CCC3(CC2)OCc2ccccc23)c(Cl)c1=O. The van der Waals surface area contributed by atoms with Crippen molar-refractivity contribution < 1.29 is 4.74 Å². The molecule has 26 heavy (non-hydrogen) atoms. The van der Waals surface area contributed by atoms with E-state index in [-0.39, 0.29) is 11.2 Å². The van der Waals surface area contributed by atoms with Crippen molar-refractivity contribution in [2.45, 2.75) is 51.4 Å². The van der Waals surface area contributed by atoms with Crippen molar-refractivity contribution in [2.24, 2.45) is 0 Å². The molecule has 0 aliphatic carbocycles. The van der Waals surface area contributed by atoms with Crippen LogP contribution in [0.4, 0.5) is 5.69 Å². The highest BCUT2D eigenvalue weighted by molar-refractivity contribution is 6.33. The number of anilines is 1. The molecule has 0 atom stereocenters. The van der Waals surface area contributed by atoms with Gasteiger partial charge in [-0.2, -0.15) is 0 Å². The highest BCUT2D eigenvalue weighted by Gasteiger charge is 2.42. The fraction of sp³-hybridized carbons (Fsp3) is 0.476. The van der Waals surface area contributed by atoms with Crippen LogP contribution in [-0.2, 0) is 23.5 Å². The number of unbranched alkanes of at least 4 members (excludes halogenated alkanes) is 1. The number of aromatic nitrogens is 1. The summed E-state index contributed by atoms with van der Waals surface area (Å²) in [7, 11) is 0. The summed E-state index contributed by atoms with van der Waals surface area (Å²) in [5, 5.41) is 0.340. The number of pyridine rings is 1. The van der Waals surface area contributed by atoms with E-state index in [1.165, 1.54) is 11.1 Å². The lowest BCUT2D eigenvalue weighted by molar-refractivity contribution is -0.0551. The van der Waals surface area contributed by atoms with E-state index in [0.29, 0.717) is 11.6 Å². The zero-order valence-corrected chi connectivity index (χ0v) is 16.0. The van der Waals surface area contributed by atoms with E-state index in [9.17, 15) is 4.79 Å². The molecule has 0 bridgehead atoms. The number of nitrogens with zero attached hydrogens (tertiary/aromatic N) is 2. The normalized spacial score (nSPS) is 18.3. The quantitative estimate of drug-likeness (QED) is 0.801. The Labute approximate surface area is 159 Å². The summed E-state index contributed by atoms with van der Waals surface area (Å²) >= 11 is 6.44. The molecule has 0 unspecified atom stereocenters. The third kappa shape index (κ3) is 2.95. The Kier molecular flexibility index (Phi) is 4.80. The third-order valence-corrected chi connectivity index (χ3v) is 6.12. The average Bonchev–Trinajstić information content (AvgIpc) is 3.03. The minimum absolute atomic E-state index is 0.0830. The molecule has 138 valence electrons. The molecule has 0 radical (unpaired) electrons. The molecule has 1 spiro atoms. The molecular weight excluding hydrogens is 348 g/mol. The van der Waals surface area contributed by atoms with Crippen LogP contribution in [-0.4, -0.2) is 17.7 Å². The Morgan fingerprint density at radius 1 is 1.19 bits per heavy atom. The lowest BCUT2D eigenvalue weighted by Gasteiger charge is -2.40. The fourth-order valence-electron chi connectivity index (χ4n) is 4.19. The van der Waals surface area contributed by atoms with Crippen molar-refractivity contribution in [2.75, 3.05) is 18.0 Å². The summed E-state index contributed by atoms with van der Waals surface area (Å²) in [4.78, 5) is 14.8. The van der Waals surface area contributed by atoms with Gasteiger partial charge in [-0.3, -0.25) is 4.79 Å². The van der Waals surface area contributed by atoms with Crippen LogP contribution in [0.15, 0.2) is 41.3 Å². The summed E-state index contributed by atoms with van der Waals surface area (Å²) in [5.74, 6) is 0. The molecule has 4 rings (SSSR count). The molecule has 3 heterocycles. The smallest absolute Gasteiger partial charge is 0.271 e. The van der Waals surface area contributed by atoms with Gasteiger partial charge in [0.05, 0.1) is 17.9 Å². The van der Waals surface area contributed by atoms with E-state index in [0.717, 1.165) is 51.0 Å². The first-order valence-corrected chi connectivity index (χ1v) is 9.89. The standard InChI is InChI=1S/C21H25ClN2O2/c1-2-3-11-24-12-8-18(19(22)20(24)25)23-13-9-21(10-14-23)17-7-5-4-6-16(17)15-26-21/h4-8,12H,2-3,9-11,13-15H2,1H3. The number of aryl methyl sites for hydroxylation is 1.